The molecule has 94 valence electrons. The Morgan fingerprint density at radius 3 is 2.00 bits per heavy atom. The Morgan fingerprint density at radius 1 is 1.00 bits per heavy atom. The van der Waals surface area contributed by atoms with Crippen LogP contribution in [0.2, 0.25) is 10.0 Å². The lowest BCUT2D eigenvalue weighted by molar-refractivity contribution is -0.384. The fourth-order valence-electron chi connectivity index (χ4n) is 1.05. The second kappa shape index (κ2) is 6.83. The minimum absolute atomic E-state index is 0.0561. The topological polar surface area (TPSA) is 69.2 Å². The van der Waals surface area contributed by atoms with E-state index in [4.69, 9.17) is 28.9 Å². The molecule has 4 nitrogen and oxygen atoms in total. The molecule has 6 heteroatoms. The van der Waals surface area contributed by atoms with Crippen molar-refractivity contribution >= 4 is 34.6 Å². The highest BCUT2D eigenvalue weighted by Gasteiger charge is 2.06. The molecule has 0 saturated heterocycles. The van der Waals surface area contributed by atoms with Gasteiger partial charge in [-0.15, -0.1) is 0 Å². The van der Waals surface area contributed by atoms with Crippen LogP contribution in [0.1, 0.15) is 0 Å². The van der Waals surface area contributed by atoms with Gasteiger partial charge in [-0.05, 0) is 18.2 Å². The van der Waals surface area contributed by atoms with Gasteiger partial charge in [0.05, 0.1) is 15.0 Å². The molecule has 0 aliphatic rings. The number of halogens is 2. The number of nitrogens with two attached hydrogens (primary N) is 1. The largest absolute Gasteiger partial charge is 0.399 e. The molecule has 2 aromatic carbocycles. The highest BCUT2D eigenvalue weighted by molar-refractivity contribution is 6.42. The highest BCUT2D eigenvalue weighted by atomic mass is 35.5. The van der Waals surface area contributed by atoms with Crippen LogP contribution in [0.15, 0.2) is 48.5 Å². The van der Waals surface area contributed by atoms with E-state index in [0.717, 1.165) is 5.69 Å². The zero-order valence-electron chi connectivity index (χ0n) is 9.22. The van der Waals surface area contributed by atoms with Crippen LogP contribution in [-0.2, 0) is 0 Å². The van der Waals surface area contributed by atoms with E-state index in [1.54, 1.807) is 0 Å². The summed E-state index contributed by atoms with van der Waals surface area (Å²) in [6.07, 6.45) is 0. The summed E-state index contributed by atoms with van der Waals surface area (Å²) in [6.45, 7) is 0. The molecular weight excluding hydrogens is 275 g/mol. The first kappa shape index (κ1) is 14.3. The van der Waals surface area contributed by atoms with Gasteiger partial charge >= 0.3 is 0 Å². The van der Waals surface area contributed by atoms with Gasteiger partial charge in [0.15, 0.2) is 0 Å². The average molecular weight is 285 g/mol. The van der Waals surface area contributed by atoms with Crippen molar-refractivity contribution in [1.29, 1.82) is 0 Å². The molecule has 2 N–H and O–H groups in total. The van der Waals surface area contributed by atoms with Gasteiger partial charge < -0.3 is 5.73 Å². The molecule has 0 aliphatic carbocycles. The quantitative estimate of drug-likeness (QED) is 0.485. The Bertz CT molecular complexity index is 533. The molecule has 0 fully saturated rings. The zero-order valence-corrected chi connectivity index (χ0v) is 10.7. The minimum Gasteiger partial charge on any atom is -0.399 e. The molecule has 0 saturated carbocycles. The van der Waals surface area contributed by atoms with E-state index >= 15 is 0 Å². The molecule has 0 aliphatic heterocycles. The molecule has 18 heavy (non-hydrogen) atoms. The van der Waals surface area contributed by atoms with E-state index in [9.17, 15) is 10.1 Å². The first-order valence-corrected chi connectivity index (χ1v) is 5.66. The van der Waals surface area contributed by atoms with Crippen LogP contribution in [0, 0.1) is 10.1 Å². The Morgan fingerprint density at radius 2 is 1.61 bits per heavy atom. The van der Waals surface area contributed by atoms with Gasteiger partial charge in [0.2, 0.25) is 0 Å². The standard InChI is InChI=1S/C6H3Cl2NO2.C6H7N/c7-5-2-1-4(9(10)11)3-6(5)8;7-6-4-2-1-3-5-6/h1-3H;1-5H,7H2. The van der Waals surface area contributed by atoms with Crippen molar-refractivity contribution in [1.82, 2.24) is 0 Å². The number of para-hydroxylation sites is 1. The van der Waals surface area contributed by atoms with E-state index in [2.05, 4.69) is 0 Å². The average Bonchev–Trinajstić information content (AvgIpc) is 2.34. The minimum atomic E-state index is -0.526. The Balaban J connectivity index is 0.000000199. The number of nitro benzene ring substituents is 1. The molecule has 0 bridgehead atoms. The van der Waals surface area contributed by atoms with Crippen molar-refractivity contribution in [2.45, 2.75) is 0 Å². The molecule has 0 unspecified atom stereocenters. The summed E-state index contributed by atoms with van der Waals surface area (Å²) in [4.78, 5) is 9.64. The molecule has 0 spiro atoms. The van der Waals surface area contributed by atoms with Crippen LogP contribution in [0.25, 0.3) is 0 Å². The predicted octanol–water partition coefficient (Wildman–Crippen LogP) is 4.17. The molecule has 0 heterocycles. The van der Waals surface area contributed by atoms with Gasteiger partial charge in [0.25, 0.3) is 5.69 Å². The molecule has 0 atom stereocenters. The Hall–Kier alpha value is -1.78. The molecule has 0 radical (unpaired) electrons. The lowest BCUT2D eigenvalue weighted by atomic mass is 10.3. The summed E-state index contributed by atoms with van der Waals surface area (Å²) >= 11 is 11.1. The van der Waals surface area contributed by atoms with E-state index in [0.29, 0.717) is 5.02 Å². The van der Waals surface area contributed by atoms with Crippen molar-refractivity contribution in [3.05, 3.63) is 68.7 Å². The SMILES string of the molecule is Nc1ccccc1.O=[N+]([O-])c1ccc(Cl)c(Cl)c1. The number of nitrogens with zero attached hydrogens (tertiary/aromatic N) is 1. The van der Waals surface area contributed by atoms with E-state index in [1.807, 2.05) is 30.3 Å². The second-order valence-electron chi connectivity index (χ2n) is 3.27. The number of non-ortho nitro benzene ring substituents is 1. The number of anilines is 1. The number of hydrogen-bond acceptors (Lipinski definition) is 3. The summed E-state index contributed by atoms with van der Waals surface area (Å²) in [5.41, 5.74) is 6.12. The van der Waals surface area contributed by atoms with Crippen LogP contribution in [0.3, 0.4) is 0 Å². The fourth-order valence-corrected chi connectivity index (χ4v) is 1.34. The number of benzene rings is 2. The van der Waals surface area contributed by atoms with Crippen molar-refractivity contribution in [3.63, 3.8) is 0 Å². The van der Waals surface area contributed by atoms with E-state index in [-0.39, 0.29) is 10.7 Å². The van der Waals surface area contributed by atoms with Crippen LogP contribution in [0.5, 0.6) is 0 Å². The Kier molecular flexibility index (Phi) is 5.42. The highest BCUT2D eigenvalue weighted by Crippen LogP contribution is 2.25. The van der Waals surface area contributed by atoms with Crippen molar-refractivity contribution in [3.8, 4) is 0 Å². The van der Waals surface area contributed by atoms with Crippen molar-refractivity contribution in [2.75, 3.05) is 5.73 Å². The summed E-state index contributed by atoms with van der Waals surface area (Å²) < 4.78 is 0. The lowest BCUT2D eigenvalue weighted by Crippen LogP contribution is -1.86. The van der Waals surface area contributed by atoms with Gasteiger partial charge in [-0.2, -0.15) is 0 Å². The van der Waals surface area contributed by atoms with E-state index < -0.39 is 4.92 Å². The second-order valence-corrected chi connectivity index (χ2v) is 4.08. The summed E-state index contributed by atoms with van der Waals surface area (Å²) in [5.74, 6) is 0. The normalized spacial score (nSPS) is 9.22. The number of nitro groups is 1. The summed E-state index contributed by atoms with van der Waals surface area (Å²) in [5, 5.41) is 10.7. The maximum atomic E-state index is 10.2. The van der Waals surface area contributed by atoms with Gasteiger partial charge in [-0.25, -0.2) is 0 Å². The molecular formula is C12H10Cl2N2O2. The smallest absolute Gasteiger partial charge is 0.271 e. The summed E-state index contributed by atoms with van der Waals surface area (Å²) in [6, 6.07) is 13.4. The van der Waals surface area contributed by atoms with Gasteiger partial charge in [-0.1, -0.05) is 41.4 Å². The van der Waals surface area contributed by atoms with Gasteiger partial charge in [0, 0.05) is 17.8 Å². The molecule has 2 aromatic rings. The van der Waals surface area contributed by atoms with E-state index in [1.165, 1.54) is 18.2 Å². The van der Waals surface area contributed by atoms with Crippen LogP contribution >= 0.6 is 23.2 Å². The Labute approximate surface area is 114 Å². The van der Waals surface area contributed by atoms with Crippen molar-refractivity contribution in [2.24, 2.45) is 0 Å². The lowest BCUT2D eigenvalue weighted by Gasteiger charge is -1.93. The number of nitrogen functional groups attached to an aromatic ring is 1. The van der Waals surface area contributed by atoms with Crippen LogP contribution in [0.4, 0.5) is 11.4 Å². The number of hydrogen-bond donors (Lipinski definition) is 1. The molecule has 2 rings (SSSR count). The maximum absolute atomic E-state index is 10.2. The monoisotopic (exact) mass is 284 g/mol. The first-order valence-electron chi connectivity index (χ1n) is 4.90. The molecule has 0 aromatic heterocycles. The third-order valence-electron chi connectivity index (χ3n) is 1.91. The fraction of sp³-hybridized carbons (Fsp3) is 0. The summed E-state index contributed by atoms with van der Waals surface area (Å²) in [7, 11) is 0. The maximum Gasteiger partial charge on any atom is 0.271 e. The number of rotatable bonds is 1. The van der Waals surface area contributed by atoms with Gasteiger partial charge in [-0.3, -0.25) is 10.1 Å². The zero-order chi connectivity index (χ0) is 13.5. The molecule has 0 amide bonds. The van der Waals surface area contributed by atoms with Gasteiger partial charge in [0.1, 0.15) is 0 Å². The third-order valence-corrected chi connectivity index (χ3v) is 2.65. The van der Waals surface area contributed by atoms with Crippen molar-refractivity contribution < 1.29 is 4.92 Å². The van der Waals surface area contributed by atoms with Crippen LogP contribution < -0.4 is 5.73 Å². The third kappa shape index (κ3) is 4.61. The first-order chi connectivity index (χ1) is 8.50. The predicted molar refractivity (Wildman–Crippen MR) is 74.0 cm³/mol. The van der Waals surface area contributed by atoms with Crippen LogP contribution in [-0.4, -0.2) is 4.92 Å².